The number of likely N-dealkylation sites (tertiary alicyclic amines) is 1. The first-order chi connectivity index (χ1) is 12.6. The van der Waals surface area contributed by atoms with Gasteiger partial charge in [0.05, 0.1) is 15.4 Å². The van der Waals surface area contributed by atoms with E-state index in [1.165, 1.54) is 5.56 Å². The van der Waals surface area contributed by atoms with Crippen molar-refractivity contribution in [1.82, 2.24) is 19.9 Å². The third-order valence-electron chi connectivity index (χ3n) is 4.76. The summed E-state index contributed by atoms with van der Waals surface area (Å²) < 4.78 is 0. The van der Waals surface area contributed by atoms with Crippen LogP contribution in [-0.2, 0) is 6.54 Å². The van der Waals surface area contributed by atoms with Gasteiger partial charge in [0.2, 0.25) is 0 Å². The maximum absolute atomic E-state index is 6.12. The SMILES string of the molecule is NC1CCN(Cc2c[nH]c3ncnc(Nc4ccc(Cl)c(Cl)c4)c23)CC1. The van der Waals surface area contributed by atoms with Crippen molar-refractivity contribution in [2.75, 3.05) is 18.4 Å². The molecule has 1 saturated heterocycles. The van der Waals surface area contributed by atoms with Crippen molar-refractivity contribution in [3.8, 4) is 0 Å². The van der Waals surface area contributed by atoms with Crippen LogP contribution in [0.4, 0.5) is 11.5 Å². The molecular weight excluding hydrogens is 371 g/mol. The minimum atomic E-state index is 0.324. The first-order valence-electron chi connectivity index (χ1n) is 8.61. The van der Waals surface area contributed by atoms with Crippen LogP contribution in [0.3, 0.4) is 0 Å². The van der Waals surface area contributed by atoms with Gasteiger partial charge in [0.15, 0.2) is 0 Å². The molecule has 26 heavy (non-hydrogen) atoms. The summed E-state index contributed by atoms with van der Waals surface area (Å²) in [7, 11) is 0. The number of nitrogens with one attached hydrogen (secondary N) is 2. The molecule has 0 amide bonds. The number of rotatable bonds is 4. The Labute approximate surface area is 161 Å². The van der Waals surface area contributed by atoms with E-state index in [1.54, 1.807) is 18.5 Å². The molecule has 0 saturated carbocycles. The molecule has 0 atom stereocenters. The molecule has 1 aliphatic heterocycles. The van der Waals surface area contributed by atoms with Crippen LogP contribution < -0.4 is 11.1 Å². The molecular formula is C18H20Cl2N6. The summed E-state index contributed by atoms with van der Waals surface area (Å²) in [6.45, 7) is 2.87. The van der Waals surface area contributed by atoms with E-state index in [2.05, 4.69) is 25.2 Å². The van der Waals surface area contributed by atoms with Gasteiger partial charge in [0, 0.05) is 24.5 Å². The van der Waals surface area contributed by atoms with Gasteiger partial charge in [-0.1, -0.05) is 23.2 Å². The number of fused-ring (bicyclic) bond motifs is 1. The Hall–Kier alpha value is -1.86. The minimum absolute atomic E-state index is 0.324. The van der Waals surface area contributed by atoms with Gasteiger partial charge in [0.1, 0.15) is 17.8 Å². The molecule has 0 unspecified atom stereocenters. The summed E-state index contributed by atoms with van der Waals surface area (Å²) in [5.41, 5.74) is 8.82. The molecule has 8 heteroatoms. The molecule has 6 nitrogen and oxygen atoms in total. The van der Waals surface area contributed by atoms with Crippen molar-refractivity contribution in [1.29, 1.82) is 0 Å². The number of nitrogens with two attached hydrogens (primary N) is 1. The normalized spacial score (nSPS) is 16.3. The van der Waals surface area contributed by atoms with Crippen LogP contribution in [0.25, 0.3) is 11.0 Å². The Morgan fingerprint density at radius 2 is 2.00 bits per heavy atom. The second-order valence-electron chi connectivity index (χ2n) is 6.63. The first-order valence-corrected chi connectivity index (χ1v) is 9.36. The van der Waals surface area contributed by atoms with E-state index < -0.39 is 0 Å². The molecule has 3 aromatic rings. The second kappa shape index (κ2) is 7.40. The van der Waals surface area contributed by atoms with E-state index in [4.69, 9.17) is 28.9 Å². The van der Waals surface area contributed by atoms with Gasteiger partial charge >= 0.3 is 0 Å². The molecule has 1 aromatic carbocycles. The number of aromatic nitrogens is 3. The topological polar surface area (TPSA) is 82.9 Å². The second-order valence-corrected chi connectivity index (χ2v) is 7.44. The maximum Gasteiger partial charge on any atom is 0.143 e. The molecule has 4 rings (SSSR count). The van der Waals surface area contributed by atoms with E-state index in [9.17, 15) is 0 Å². The fraction of sp³-hybridized carbons (Fsp3) is 0.333. The van der Waals surface area contributed by atoms with Crippen molar-refractivity contribution < 1.29 is 0 Å². The van der Waals surface area contributed by atoms with Crippen molar-refractivity contribution >= 4 is 45.7 Å². The number of benzene rings is 1. The highest BCUT2D eigenvalue weighted by molar-refractivity contribution is 6.42. The molecule has 0 spiro atoms. The molecule has 3 heterocycles. The summed E-state index contributed by atoms with van der Waals surface area (Å²) in [5.74, 6) is 0.748. The van der Waals surface area contributed by atoms with E-state index in [1.807, 2.05) is 12.3 Å². The van der Waals surface area contributed by atoms with Gasteiger partial charge in [-0.25, -0.2) is 9.97 Å². The van der Waals surface area contributed by atoms with E-state index in [0.717, 1.165) is 55.0 Å². The molecule has 0 aliphatic carbocycles. The number of nitrogens with zero attached hydrogens (tertiary/aromatic N) is 3. The third-order valence-corrected chi connectivity index (χ3v) is 5.50. The summed E-state index contributed by atoms with van der Waals surface area (Å²) in [5, 5.41) is 5.35. The first kappa shape index (κ1) is 17.5. The highest BCUT2D eigenvalue weighted by Crippen LogP contribution is 2.30. The van der Waals surface area contributed by atoms with E-state index in [-0.39, 0.29) is 0 Å². The van der Waals surface area contributed by atoms with Crippen molar-refractivity contribution in [3.63, 3.8) is 0 Å². The van der Waals surface area contributed by atoms with Gasteiger partial charge in [-0.15, -0.1) is 0 Å². The monoisotopic (exact) mass is 390 g/mol. The number of hydrogen-bond acceptors (Lipinski definition) is 5. The van der Waals surface area contributed by atoms with Crippen LogP contribution in [0.2, 0.25) is 10.0 Å². The fourth-order valence-electron chi connectivity index (χ4n) is 3.31. The Balaban J connectivity index is 1.62. The number of halogens is 2. The van der Waals surface area contributed by atoms with Crippen molar-refractivity contribution in [2.45, 2.75) is 25.4 Å². The van der Waals surface area contributed by atoms with Crippen LogP contribution in [0.5, 0.6) is 0 Å². The Morgan fingerprint density at radius 3 is 2.77 bits per heavy atom. The fourth-order valence-corrected chi connectivity index (χ4v) is 3.61. The minimum Gasteiger partial charge on any atom is -0.346 e. The van der Waals surface area contributed by atoms with Crippen molar-refractivity contribution in [2.24, 2.45) is 5.73 Å². The predicted octanol–water partition coefficient (Wildman–Crippen LogP) is 3.93. The summed E-state index contributed by atoms with van der Waals surface area (Å²) in [6, 6.07) is 5.75. The number of H-pyrrole nitrogens is 1. The molecule has 1 fully saturated rings. The van der Waals surface area contributed by atoms with Gasteiger partial charge in [-0.2, -0.15) is 0 Å². The predicted molar refractivity (Wildman–Crippen MR) is 106 cm³/mol. The lowest BCUT2D eigenvalue weighted by atomic mass is 10.1. The summed E-state index contributed by atoms with van der Waals surface area (Å²) >= 11 is 12.1. The summed E-state index contributed by atoms with van der Waals surface area (Å²) in [6.07, 6.45) is 5.62. The zero-order chi connectivity index (χ0) is 18.1. The standard InChI is InChI=1S/C18H20Cl2N6/c19-14-2-1-13(7-15(14)20)25-18-16-11(8-22-17(16)23-10-24-18)9-26-5-3-12(21)4-6-26/h1-2,7-8,10,12H,3-6,9,21H2,(H2,22,23,24,25). The zero-order valence-corrected chi connectivity index (χ0v) is 15.7. The van der Waals surface area contributed by atoms with Crippen LogP contribution >= 0.6 is 23.2 Å². The maximum atomic E-state index is 6.12. The lowest BCUT2D eigenvalue weighted by Crippen LogP contribution is -2.39. The molecule has 1 aliphatic rings. The molecule has 4 N–H and O–H groups in total. The van der Waals surface area contributed by atoms with E-state index >= 15 is 0 Å². The molecule has 0 bridgehead atoms. The zero-order valence-electron chi connectivity index (χ0n) is 14.2. The van der Waals surface area contributed by atoms with Gasteiger partial charge in [-0.3, -0.25) is 4.90 Å². The van der Waals surface area contributed by atoms with Gasteiger partial charge in [0.25, 0.3) is 0 Å². The van der Waals surface area contributed by atoms with Crippen LogP contribution in [-0.4, -0.2) is 39.0 Å². The number of piperidine rings is 1. The number of hydrogen-bond donors (Lipinski definition) is 3. The highest BCUT2D eigenvalue weighted by Gasteiger charge is 2.19. The van der Waals surface area contributed by atoms with Crippen LogP contribution in [0.15, 0.2) is 30.7 Å². The lowest BCUT2D eigenvalue weighted by Gasteiger charge is -2.29. The largest absolute Gasteiger partial charge is 0.346 e. The molecule has 136 valence electrons. The Morgan fingerprint density at radius 1 is 1.19 bits per heavy atom. The van der Waals surface area contributed by atoms with Gasteiger partial charge in [-0.05, 0) is 49.7 Å². The average molecular weight is 391 g/mol. The third kappa shape index (κ3) is 3.64. The molecule has 0 radical (unpaired) electrons. The van der Waals surface area contributed by atoms with Crippen LogP contribution in [0.1, 0.15) is 18.4 Å². The van der Waals surface area contributed by atoms with E-state index in [0.29, 0.717) is 16.1 Å². The average Bonchev–Trinajstić information content (AvgIpc) is 3.04. The number of anilines is 2. The highest BCUT2D eigenvalue weighted by atomic mass is 35.5. The number of aromatic amines is 1. The quantitative estimate of drug-likeness (QED) is 0.628. The Bertz CT molecular complexity index is 917. The van der Waals surface area contributed by atoms with Gasteiger partial charge < -0.3 is 16.0 Å². The van der Waals surface area contributed by atoms with Crippen molar-refractivity contribution in [3.05, 3.63) is 46.3 Å². The summed E-state index contributed by atoms with van der Waals surface area (Å²) in [4.78, 5) is 14.4. The lowest BCUT2D eigenvalue weighted by molar-refractivity contribution is 0.206. The smallest absolute Gasteiger partial charge is 0.143 e. The molecule has 2 aromatic heterocycles. The van der Waals surface area contributed by atoms with Crippen LogP contribution in [0, 0.1) is 0 Å². The Kier molecular flexibility index (Phi) is 5.00.